The fourth-order valence-electron chi connectivity index (χ4n) is 2.33. The molecule has 1 fully saturated rings. The third kappa shape index (κ3) is 2.70. The van der Waals surface area contributed by atoms with E-state index in [2.05, 4.69) is 40.3 Å². The normalized spacial score (nSPS) is 24.4. The number of rotatable bonds is 3. The van der Waals surface area contributed by atoms with Gasteiger partial charge in [0, 0.05) is 11.7 Å². The molecule has 0 spiro atoms. The monoisotopic (exact) mass is 283 g/mol. The Morgan fingerprint density at radius 3 is 2.75 bits per heavy atom. The maximum Gasteiger partial charge on any atom is 0.133 e. The summed E-state index contributed by atoms with van der Waals surface area (Å²) in [6, 6.07) is 6.79. The Morgan fingerprint density at radius 2 is 2.19 bits per heavy atom. The zero-order valence-electron chi connectivity index (χ0n) is 9.79. The van der Waals surface area contributed by atoms with E-state index in [1.54, 1.807) is 7.11 Å². The lowest BCUT2D eigenvalue weighted by Gasteiger charge is -2.15. The number of nitrogens with one attached hydrogen (secondary N) is 1. The van der Waals surface area contributed by atoms with Gasteiger partial charge >= 0.3 is 0 Å². The average Bonchev–Trinajstić information content (AvgIpc) is 2.64. The summed E-state index contributed by atoms with van der Waals surface area (Å²) in [5, 5.41) is 3.58. The molecule has 3 heteroatoms. The molecular formula is C13H18BrNO. The molecule has 2 unspecified atom stereocenters. The van der Waals surface area contributed by atoms with Crippen LogP contribution in [0.25, 0.3) is 0 Å². The Balaban J connectivity index is 2.02. The maximum absolute atomic E-state index is 5.21. The number of hydrogen-bond acceptors (Lipinski definition) is 2. The number of hydrogen-bond donors (Lipinski definition) is 1. The zero-order chi connectivity index (χ0) is 11.5. The lowest BCUT2D eigenvalue weighted by Crippen LogP contribution is -2.15. The lowest BCUT2D eigenvalue weighted by molar-refractivity contribution is 0.412. The summed E-state index contributed by atoms with van der Waals surface area (Å²) < 4.78 is 6.22. The van der Waals surface area contributed by atoms with E-state index in [-0.39, 0.29) is 0 Å². The summed E-state index contributed by atoms with van der Waals surface area (Å²) in [5.41, 5.74) is 1.17. The van der Waals surface area contributed by atoms with Crippen molar-refractivity contribution in [2.24, 2.45) is 5.92 Å². The average molecular weight is 284 g/mol. The molecule has 1 N–H and O–H groups in total. The molecule has 2 atom stereocenters. The Bertz CT molecular complexity index is 367. The minimum atomic E-state index is 0.635. The predicted octanol–water partition coefficient (Wildman–Crippen LogP) is 4.06. The highest BCUT2D eigenvalue weighted by molar-refractivity contribution is 9.10. The largest absolute Gasteiger partial charge is 0.496 e. The molecule has 16 heavy (non-hydrogen) atoms. The topological polar surface area (TPSA) is 21.3 Å². The number of halogens is 1. The van der Waals surface area contributed by atoms with Crippen molar-refractivity contribution >= 4 is 21.6 Å². The number of anilines is 1. The van der Waals surface area contributed by atoms with Crippen LogP contribution in [0.2, 0.25) is 0 Å². The van der Waals surface area contributed by atoms with Gasteiger partial charge in [0.2, 0.25) is 0 Å². The number of ether oxygens (including phenoxy) is 1. The van der Waals surface area contributed by atoms with Crippen molar-refractivity contribution in [3.8, 4) is 5.75 Å². The molecular weight excluding hydrogens is 266 g/mol. The molecule has 2 nitrogen and oxygen atoms in total. The van der Waals surface area contributed by atoms with Gasteiger partial charge in [-0.1, -0.05) is 6.92 Å². The van der Waals surface area contributed by atoms with Gasteiger partial charge < -0.3 is 10.1 Å². The summed E-state index contributed by atoms with van der Waals surface area (Å²) in [6.07, 6.45) is 3.91. The van der Waals surface area contributed by atoms with Crippen LogP contribution in [-0.2, 0) is 0 Å². The Kier molecular flexibility index (Phi) is 3.74. The molecule has 1 aliphatic carbocycles. The minimum absolute atomic E-state index is 0.635. The molecule has 0 saturated heterocycles. The van der Waals surface area contributed by atoms with E-state index in [1.807, 2.05) is 6.07 Å². The molecule has 1 aromatic carbocycles. The molecule has 1 aliphatic rings. The smallest absolute Gasteiger partial charge is 0.133 e. The van der Waals surface area contributed by atoms with Crippen molar-refractivity contribution < 1.29 is 4.74 Å². The fourth-order valence-corrected chi connectivity index (χ4v) is 2.87. The molecule has 0 aromatic heterocycles. The van der Waals surface area contributed by atoms with Crippen molar-refractivity contribution in [1.82, 2.24) is 0 Å². The number of benzene rings is 1. The molecule has 0 heterocycles. The van der Waals surface area contributed by atoms with Crippen LogP contribution in [0.5, 0.6) is 5.75 Å². The molecule has 0 amide bonds. The predicted molar refractivity (Wildman–Crippen MR) is 71.1 cm³/mol. The van der Waals surface area contributed by atoms with Gasteiger partial charge in [-0.2, -0.15) is 0 Å². The van der Waals surface area contributed by atoms with E-state index in [9.17, 15) is 0 Å². The number of methoxy groups -OCH3 is 1. The van der Waals surface area contributed by atoms with Crippen LogP contribution in [0.4, 0.5) is 5.69 Å². The third-order valence-corrected chi connectivity index (χ3v) is 3.84. The third-order valence-electron chi connectivity index (χ3n) is 3.22. The van der Waals surface area contributed by atoms with Crippen LogP contribution in [0.15, 0.2) is 22.7 Å². The Morgan fingerprint density at radius 1 is 1.38 bits per heavy atom. The van der Waals surface area contributed by atoms with E-state index in [0.717, 1.165) is 16.1 Å². The van der Waals surface area contributed by atoms with Gasteiger partial charge in [0.05, 0.1) is 11.6 Å². The molecule has 2 rings (SSSR count). The van der Waals surface area contributed by atoms with Crippen LogP contribution in [0.1, 0.15) is 26.2 Å². The summed E-state index contributed by atoms with van der Waals surface area (Å²) in [4.78, 5) is 0. The Hall–Kier alpha value is -0.700. The van der Waals surface area contributed by atoms with E-state index in [4.69, 9.17) is 4.74 Å². The molecule has 1 saturated carbocycles. The van der Waals surface area contributed by atoms with Crippen LogP contribution in [0, 0.1) is 5.92 Å². The zero-order valence-corrected chi connectivity index (χ0v) is 11.4. The van der Waals surface area contributed by atoms with Gasteiger partial charge in [-0.05, 0) is 59.3 Å². The molecule has 0 radical (unpaired) electrons. The summed E-state index contributed by atoms with van der Waals surface area (Å²) >= 11 is 3.50. The first kappa shape index (κ1) is 11.8. The highest BCUT2D eigenvalue weighted by Gasteiger charge is 2.20. The second kappa shape index (κ2) is 5.09. The lowest BCUT2D eigenvalue weighted by atomic mass is 10.1. The van der Waals surface area contributed by atoms with Gasteiger partial charge in [-0.3, -0.25) is 0 Å². The molecule has 0 aliphatic heterocycles. The van der Waals surface area contributed by atoms with Gasteiger partial charge in [0.15, 0.2) is 0 Å². The fraction of sp³-hybridized carbons (Fsp3) is 0.538. The van der Waals surface area contributed by atoms with Crippen LogP contribution in [0.3, 0.4) is 0 Å². The first-order chi connectivity index (χ1) is 7.69. The standard InChI is InChI=1S/C13H18BrNO/c1-9-3-4-10(7-9)15-11-5-6-13(16-2)12(14)8-11/h5-6,8-10,15H,3-4,7H2,1-2H3. The van der Waals surface area contributed by atoms with Crippen molar-refractivity contribution in [2.45, 2.75) is 32.2 Å². The van der Waals surface area contributed by atoms with Gasteiger partial charge in [0.1, 0.15) is 5.75 Å². The quantitative estimate of drug-likeness (QED) is 0.903. The summed E-state index contributed by atoms with van der Waals surface area (Å²) in [7, 11) is 1.69. The highest BCUT2D eigenvalue weighted by Crippen LogP contribution is 2.31. The van der Waals surface area contributed by atoms with Crippen LogP contribution >= 0.6 is 15.9 Å². The first-order valence-electron chi connectivity index (χ1n) is 5.79. The molecule has 1 aromatic rings. The van der Waals surface area contributed by atoms with Gasteiger partial charge in [-0.25, -0.2) is 0 Å². The van der Waals surface area contributed by atoms with Gasteiger partial charge in [-0.15, -0.1) is 0 Å². The van der Waals surface area contributed by atoms with Crippen molar-refractivity contribution in [3.63, 3.8) is 0 Å². The van der Waals surface area contributed by atoms with E-state index < -0.39 is 0 Å². The molecule has 0 bridgehead atoms. The highest BCUT2D eigenvalue weighted by atomic mass is 79.9. The van der Waals surface area contributed by atoms with Crippen molar-refractivity contribution in [3.05, 3.63) is 22.7 Å². The van der Waals surface area contributed by atoms with Crippen LogP contribution < -0.4 is 10.1 Å². The second-order valence-corrected chi connectivity index (χ2v) is 5.46. The maximum atomic E-state index is 5.21. The summed E-state index contributed by atoms with van der Waals surface area (Å²) in [6.45, 7) is 2.33. The molecule has 88 valence electrons. The van der Waals surface area contributed by atoms with Crippen molar-refractivity contribution in [1.29, 1.82) is 0 Å². The minimum Gasteiger partial charge on any atom is -0.496 e. The van der Waals surface area contributed by atoms with Gasteiger partial charge in [0.25, 0.3) is 0 Å². The van der Waals surface area contributed by atoms with E-state index in [1.165, 1.54) is 24.9 Å². The van der Waals surface area contributed by atoms with Crippen molar-refractivity contribution in [2.75, 3.05) is 12.4 Å². The van der Waals surface area contributed by atoms with E-state index >= 15 is 0 Å². The second-order valence-electron chi connectivity index (χ2n) is 4.61. The van der Waals surface area contributed by atoms with Crippen LogP contribution in [-0.4, -0.2) is 13.2 Å². The SMILES string of the molecule is COc1ccc(NC2CCC(C)C2)cc1Br. The first-order valence-corrected chi connectivity index (χ1v) is 6.58. The Labute approximate surface area is 106 Å². The van der Waals surface area contributed by atoms with E-state index in [0.29, 0.717) is 6.04 Å². The summed E-state index contributed by atoms with van der Waals surface area (Å²) in [5.74, 6) is 1.74.